The summed E-state index contributed by atoms with van der Waals surface area (Å²) >= 11 is 1.66. The first-order chi connectivity index (χ1) is 10.1. The first-order valence-corrected chi connectivity index (χ1v) is 7.36. The number of methoxy groups -OCH3 is 2. The average Bonchev–Trinajstić information content (AvgIpc) is 2.53. The molecule has 0 aromatic heterocycles. The highest BCUT2D eigenvalue weighted by Crippen LogP contribution is 2.33. The summed E-state index contributed by atoms with van der Waals surface area (Å²) in [5, 5.41) is 0. The molecular weight excluding hydrogens is 286 g/mol. The minimum absolute atomic E-state index is 0.325. The van der Waals surface area contributed by atoms with E-state index in [9.17, 15) is 4.79 Å². The third-order valence-corrected chi connectivity index (χ3v) is 4.08. The topological polar surface area (TPSA) is 61.5 Å². The van der Waals surface area contributed by atoms with Crippen LogP contribution in [0.3, 0.4) is 0 Å². The van der Waals surface area contributed by atoms with E-state index >= 15 is 0 Å². The molecule has 5 heteroatoms. The molecule has 2 N–H and O–H groups in total. The molecule has 110 valence electrons. The van der Waals surface area contributed by atoms with Gasteiger partial charge in [-0.15, -0.1) is 11.8 Å². The Balaban J connectivity index is 2.05. The number of nitrogen functional groups attached to an aromatic ring is 1. The molecule has 0 saturated carbocycles. The summed E-state index contributed by atoms with van der Waals surface area (Å²) < 4.78 is 9.99. The highest BCUT2D eigenvalue weighted by atomic mass is 32.2. The lowest BCUT2D eigenvalue weighted by Gasteiger charge is -2.09. The van der Waals surface area contributed by atoms with Crippen molar-refractivity contribution in [1.29, 1.82) is 0 Å². The predicted molar refractivity (Wildman–Crippen MR) is 84.7 cm³/mol. The summed E-state index contributed by atoms with van der Waals surface area (Å²) in [6, 6.07) is 13.0. The molecule has 0 saturated heterocycles. The summed E-state index contributed by atoms with van der Waals surface area (Å²) in [5.74, 6) is 1.22. The second-order valence-electron chi connectivity index (χ2n) is 4.39. The fourth-order valence-corrected chi connectivity index (χ4v) is 2.78. The Morgan fingerprint density at radius 2 is 1.86 bits per heavy atom. The Hall–Kier alpha value is -2.14. The maximum absolute atomic E-state index is 11.4. The average molecular weight is 303 g/mol. The molecule has 0 bridgehead atoms. The zero-order valence-corrected chi connectivity index (χ0v) is 12.8. The number of ether oxygens (including phenoxy) is 2. The van der Waals surface area contributed by atoms with Gasteiger partial charge in [0.25, 0.3) is 0 Å². The molecule has 0 atom stereocenters. The number of hydrogen-bond acceptors (Lipinski definition) is 5. The fourth-order valence-electron chi connectivity index (χ4n) is 1.82. The quantitative estimate of drug-likeness (QED) is 0.521. The van der Waals surface area contributed by atoms with E-state index in [2.05, 4.69) is 4.74 Å². The van der Waals surface area contributed by atoms with Crippen LogP contribution in [0.5, 0.6) is 5.75 Å². The predicted octanol–water partition coefficient (Wildman–Crippen LogP) is 3.36. The molecule has 0 aliphatic rings. The largest absolute Gasteiger partial charge is 0.496 e. The Labute approximate surface area is 128 Å². The highest BCUT2D eigenvalue weighted by molar-refractivity contribution is 7.98. The van der Waals surface area contributed by atoms with Crippen LogP contribution in [0, 0.1) is 0 Å². The van der Waals surface area contributed by atoms with Crippen LogP contribution < -0.4 is 10.5 Å². The first-order valence-electron chi connectivity index (χ1n) is 6.37. The molecule has 0 aliphatic carbocycles. The van der Waals surface area contributed by atoms with Crippen molar-refractivity contribution >= 4 is 23.4 Å². The lowest BCUT2D eigenvalue weighted by atomic mass is 10.1. The molecule has 0 amide bonds. The normalized spacial score (nSPS) is 10.2. The SMILES string of the molecule is COC(=O)c1ccc(CSc2ccc(N)cc2OC)cc1. The van der Waals surface area contributed by atoms with Crippen LogP contribution >= 0.6 is 11.8 Å². The molecule has 0 fully saturated rings. The van der Waals surface area contributed by atoms with E-state index in [4.69, 9.17) is 10.5 Å². The molecule has 4 nitrogen and oxygen atoms in total. The number of anilines is 1. The summed E-state index contributed by atoms with van der Waals surface area (Å²) in [7, 11) is 3.00. The number of nitrogens with two attached hydrogens (primary N) is 1. The van der Waals surface area contributed by atoms with Crippen LogP contribution in [0.1, 0.15) is 15.9 Å². The first kappa shape index (κ1) is 15.3. The molecule has 2 aromatic rings. The Kier molecular flexibility index (Phi) is 5.11. The van der Waals surface area contributed by atoms with Gasteiger partial charge in [-0.1, -0.05) is 12.1 Å². The molecule has 0 heterocycles. The van der Waals surface area contributed by atoms with E-state index in [1.54, 1.807) is 31.0 Å². The molecule has 0 aliphatic heterocycles. The summed E-state index contributed by atoms with van der Waals surface area (Å²) in [6.07, 6.45) is 0. The van der Waals surface area contributed by atoms with Gasteiger partial charge in [0, 0.05) is 22.4 Å². The van der Waals surface area contributed by atoms with Gasteiger partial charge in [-0.2, -0.15) is 0 Å². The van der Waals surface area contributed by atoms with Gasteiger partial charge >= 0.3 is 5.97 Å². The Bertz CT molecular complexity index is 626. The van der Waals surface area contributed by atoms with Crippen molar-refractivity contribution < 1.29 is 14.3 Å². The molecule has 0 spiro atoms. The zero-order valence-electron chi connectivity index (χ0n) is 12.0. The maximum Gasteiger partial charge on any atom is 0.337 e. The minimum Gasteiger partial charge on any atom is -0.496 e. The third kappa shape index (κ3) is 3.92. The van der Waals surface area contributed by atoms with Crippen LogP contribution in [0.2, 0.25) is 0 Å². The molecular formula is C16H17NO3S. The van der Waals surface area contributed by atoms with Crippen molar-refractivity contribution in [3.63, 3.8) is 0 Å². The smallest absolute Gasteiger partial charge is 0.337 e. The fraction of sp³-hybridized carbons (Fsp3) is 0.188. The molecule has 21 heavy (non-hydrogen) atoms. The van der Waals surface area contributed by atoms with E-state index in [0.717, 1.165) is 22.0 Å². The van der Waals surface area contributed by atoms with E-state index in [-0.39, 0.29) is 5.97 Å². The van der Waals surface area contributed by atoms with Gasteiger partial charge in [0.05, 0.1) is 19.8 Å². The van der Waals surface area contributed by atoms with Crippen LogP contribution in [-0.4, -0.2) is 20.2 Å². The van der Waals surface area contributed by atoms with Crippen molar-refractivity contribution in [3.8, 4) is 5.75 Å². The standard InChI is InChI=1S/C16H17NO3S/c1-19-14-9-13(17)7-8-15(14)21-10-11-3-5-12(6-4-11)16(18)20-2/h3-9H,10,17H2,1-2H3. The van der Waals surface area contributed by atoms with Gasteiger partial charge < -0.3 is 15.2 Å². The van der Waals surface area contributed by atoms with E-state index in [1.165, 1.54) is 7.11 Å². The van der Waals surface area contributed by atoms with Gasteiger partial charge in [-0.05, 0) is 29.8 Å². The second kappa shape index (κ2) is 7.04. The number of carbonyl (C=O) groups excluding carboxylic acids is 1. The Morgan fingerprint density at radius 3 is 2.48 bits per heavy atom. The monoisotopic (exact) mass is 303 g/mol. The van der Waals surface area contributed by atoms with Gasteiger partial charge in [0.1, 0.15) is 5.75 Å². The number of hydrogen-bond donors (Lipinski definition) is 1. The van der Waals surface area contributed by atoms with Crippen LogP contribution in [-0.2, 0) is 10.5 Å². The van der Waals surface area contributed by atoms with Gasteiger partial charge in [-0.25, -0.2) is 4.79 Å². The minimum atomic E-state index is -0.325. The lowest BCUT2D eigenvalue weighted by Crippen LogP contribution is -2.00. The third-order valence-electron chi connectivity index (χ3n) is 2.96. The number of esters is 1. The van der Waals surface area contributed by atoms with Gasteiger partial charge in [0.2, 0.25) is 0 Å². The molecule has 2 rings (SSSR count). The van der Waals surface area contributed by atoms with Crippen LogP contribution in [0.25, 0.3) is 0 Å². The molecule has 0 radical (unpaired) electrons. The maximum atomic E-state index is 11.4. The van der Waals surface area contributed by atoms with Crippen molar-refractivity contribution in [2.75, 3.05) is 20.0 Å². The van der Waals surface area contributed by atoms with Crippen molar-refractivity contribution in [3.05, 3.63) is 53.6 Å². The highest BCUT2D eigenvalue weighted by Gasteiger charge is 2.07. The number of thioether (sulfide) groups is 1. The summed E-state index contributed by atoms with van der Waals surface area (Å²) in [5.41, 5.74) is 8.08. The molecule has 0 unspecified atom stereocenters. The number of rotatable bonds is 5. The number of benzene rings is 2. The van der Waals surface area contributed by atoms with Crippen molar-refractivity contribution in [2.45, 2.75) is 10.6 Å². The second-order valence-corrected chi connectivity index (χ2v) is 5.40. The lowest BCUT2D eigenvalue weighted by molar-refractivity contribution is 0.0600. The zero-order chi connectivity index (χ0) is 15.2. The van der Waals surface area contributed by atoms with Crippen molar-refractivity contribution in [2.24, 2.45) is 0 Å². The molecule has 2 aromatic carbocycles. The van der Waals surface area contributed by atoms with Crippen LogP contribution in [0.4, 0.5) is 5.69 Å². The van der Waals surface area contributed by atoms with E-state index in [1.807, 2.05) is 30.3 Å². The number of carbonyl (C=O) groups is 1. The van der Waals surface area contributed by atoms with Gasteiger partial charge in [-0.3, -0.25) is 0 Å². The van der Waals surface area contributed by atoms with Crippen molar-refractivity contribution in [1.82, 2.24) is 0 Å². The van der Waals surface area contributed by atoms with E-state index in [0.29, 0.717) is 11.3 Å². The summed E-state index contributed by atoms with van der Waals surface area (Å²) in [6.45, 7) is 0. The van der Waals surface area contributed by atoms with Gasteiger partial charge in [0.15, 0.2) is 0 Å². The summed E-state index contributed by atoms with van der Waals surface area (Å²) in [4.78, 5) is 12.4. The van der Waals surface area contributed by atoms with Crippen LogP contribution in [0.15, 0.2) is 47.4 Å². The Morgan fingerprint density at radius 1 is 1.14 bits per heavy atom. The van der Waals surface area contributed by atoms with E-state index < -0.39 is 0 Å².